The molecule has 4 heteroatoms. The van der Waals surface area contributed by atoms with Gasteiger partial charge in [-0.1, -0.05) is 0 Å². The van der Waals surface area contributed by atoms with E-state index >= 15 is 0 Å². The van der Waals surface area contributed by atoms with Crippen LogP contribution in [0.15, 0.2) is 0 Å². The van der Waals surface area contributed by atoms with E-state index in [9.17, 15) is 0 Å². The van der Waals surface area contributed by atoms with Crippen LogP contribution in [0.4, 0.5) is 0 Å². The minimum absolute atomic E-state index is 0.465. The van der Waals surface area contributed by atoms with E-state index < -0.39 is 6.10 Å². The van der Waals surface area contributed by atoms with Crippen molar-refractivity contribution in [2.45, 2.75) is 18.9 Å². The third kappa shape index (κ3) is 2.28. The SMILES string of the molecule is NC1(O)OCCCCO1. The Morgan fingerprint density at radius 3 is 2.11 bits per heavy atom. The topological polar surface area (TPSA) is 64.7 Å². The fraction of sp³-hybridized carbons (Fsp3) is 1.00. The van der Waals surface area contributed by atoms with Crippen molar-refractivity contribution in [2.24, 2.45) is 5.73 Å². The van der Waals surface area contributed by atoms with Gasteiger partial charge in [-0.2, -0.15) is 0 Å². The van der Waals surface area contributed by atoms with Crippen LogP contribution in [0.25, 0.3) is 0 Å². The molecular weight excluding hydrogens is 122 g/mol. The maximum absolute atomic E-state index is 8.89. The van der Waals surface area contributed by atoms with Gasteiger partial charge in [0.15, 0.2) is 0 Å². The Labute approximate surface area is 53.6 Å². The van der Waals surface area contributed by atoms with Crippen molar-refractivity contribution >= 4 is 0 Å². The van der Waals surface area contributed by atoms with Crippen LogP contribution in [0.1, 0.15) is 12.8 Å². The second kappa shape index (κ2) is 2.62. The van der Waals surface area contributed by atoms with E-state index in [0.717, 1.165) is 12.8 Å². The quantitative estimate of drug-likeness (QED) is 0.432. The lowest BCUT2D eigenvalue weighted by Crippen LogP contribution is -2.44. The smallest absolute Gasteiger partial charge is 0.330 e. The van der Waals surface area contributed by atoms with Gasteiger partial charge in [0.2, 0.25) is 0 Å². The number of ether oxygens (including phenoxy) is 2. The number of nitrogens with two attached hydrogens (primary N) is 1. The minimum atomic E-state index is -1.84. The Bertz CT molecular complexity index is 84.2. The van der Waals surface area contributed by atoms with E-state index in [1.54, 1.807) is 0 Å². The normalized spacial score (nSPS) is 27.3. The highest BCUT2D eigenvalue weighted by molar-refractivity contribution is 4.48. The zero-order valence-corrected chi connectivity index (χ0v) is 5.17. The Balaban J connectivity index is 2.36. The molecule has 1 saturated heterocycles. The van der Waals surface area contributed by atoms with Crippen LogP contribution in [-0.2, 0) is 9.47 Å². The van der Waals surface area contributed by atoms with E-state index in [1.165, 1.54) is 0 Å². The van der Waals surface area contributed by atoms with Crippen LogP contribution in [0.3, 0.4) is 0 Å². The summed E-state index contributed by atoms with van der Waals surface area (Å²) in [7, 11) is 0. The average molecular weight is 133 g/mol. The van der Waals surface area contributed by atoms with Crippen LogP contribution < -0.4 is 5.73 Å². The van der Waals surface area contributed by atoms with Crippen molar-refractivity contribution in [3.05, 3.63) is 0 Å². The van der Waals surface area contributed by atoms with Gasteiger partial charge in [0.05, 0.1) is 13.2 Å². The third-order valence-corrected chi connectivity index (χ3v) is 1.16. The molecular formula is C5H11NO3. The maximum atomic E-state index is 8.89. The van der Waals surface area contributed by atoms with Gasteiger partial charge in [-0.15, -0.1) is 0 Å². The molecule has 1 aliphatic heterocycles. The Hall–Kier alpha value is -0.160. The lowest BCUT2D eigenvalue weighted by molar-refractivity contribution is -0.348. The van der Waals surface area contributed by atoms with Crippen molar-refractivity contribution in [3.8, 4) is 0 Å². The molecule has 1 rings (SSSR count). The summed E-state index contributed by atoms with van der Waals surface area (Å²) in [5.74, 6) is 0. The van der Waals surface area contributed by atoms with Gasteiger partial charge in [0, 0.05) is 0 Å². The Kier molecular flexibility index (Phi) is 2.02. The number of rotatable bonds is 0. The fourth-order valence-electron chi connectivity index (χ4n) is 0.683. The number of aliphatic hydroxyl groups is 1. The summed E-state index contributed by atoms with van der Waals surface area (Å²) in [6.45, 7) is 0.931. The predicted octanol–water partition coefficient (Wildman–Crippen LogP) is -0.624. The third-order valence-electron chi connectivity index (χ3n) is 1.16. The summed E-state index contributed by atoms with van der Waals surface area (Å²) in [6, 6.07) is 0. The average Bonchev–Trinajstić information content (AvgIpc) is 1.92. The van der Waals surface area contributed by atoms with E-state index in [1.807, 2.05) is 0 Å². The van der Waals surface area contributed by atoms with Crippen LogP contribution in [-0.4, -0.2) is 24.4 Å². The number of hydrogen-bond acceptors (Lipinski definition) is 4. The Morgan fingerprint density at radius 1 is 1.22 bits per heavy atom. The molecule has 1 heterocycles. The zero-order valence-electron chi connectivity index (χ0n) is 5.17. The highest BCUT2D eigenvalue weighted by Crippen LogP contribution is 2.08. The maximum Gasteiger partial charge on any atom is 0.345 e. The van der Waals surface area contributed by atoms with Crippen molar-refractivity contribution in [1.82, 2.24) is 0 Å². The van der Waals surface area contributed by atoms with Gasteiger partial charge >= 0.3 is 6.10 Å². The number of hydrogen-bond donors (Lipinski definition) is 2. The second-order valence-corrected chi connectivity index (χ2v) is 2.03. The first-order valence-corrected chi connectivity index (χ1v) is 3.00. The molecule has 0 saturated carbocycles. The molecule has 4 nitrogen and oxygen atoms in total. The second-order valence-electron chi connectivity index (χ2n) is 2.03. The molecule has 54 valence electrons. The molecule has 0 aromatic carbocycles. The summed E-state index contributed by atoms with van der Waals surface area (Å²) < 4.78 is 9.40. The lowest BCUT2D eigenvalue weighted by atomic mass is 10.3. The molecule has 3 N–H and O–H groups in total. The molecule has 0 radical (unpaired) electrons. The van der Waals surface area contributed by atoms with E-state index in [4.69, 9.17) is 20.3 Å². The van der Waals surface area contributed by atoms with Gasteiger partial charge in [-0.3, -0.25) is 5.73 Å². The molecule has 1 fully saturated rings. The van der Waals surface area contributed by atoms with Crippen LogP contribution in [0.2, 0.25) is 0 Å². The fourth-order valence-corrected chi connectivity index (χ4v) is 0.683. The molecule has 0 amide bonds. The van der Waals surface area contributed by atoms with Crippen molar-refractivity contribution in [3.63, 3.8) is 0 Å². The highest BCUT2D eigenvalue weighted by atomic mass is 16.8. The van der Waals surface area contributed by atoms with Crippen LogP contribution in [0.5, 0.6) is 0 Å². The monoisotopic (exact) mass is 133 g/mol. The van der Waals surface area contributed by atoms with Crippen molar-refractivity contribution < 1.29 is 14.6 Å². The lowest BCUT2D eigenvalue weighted by Gasteiger charge is -2.19. The summed E-state index contributed by atoms with van der Waals surface area (Å²) in [6.07, 6.45) is -0.0600. The molecule has 0 atom stereocenters. The van der Waals surface area contributed by atoms with Gasteiger partial charge in [-0.25, -0.2) is 0 Å². The van der Waals surface area contributed by atoms with Crippen molar-refractivity contribution in [2.75, 3.05) is 13.2 Å². The first-order chi connectivity index (χ1) is 4.21. The van der Waals surface area contributed by atoms with E-state index in [2.05, 4.69) is 0 Å². The highest BCUT2D eigenvalue weighted by Gasteiger charge is 2.24. The van der Waals surface area contributed by atoms with Gasteiger partial charge in [-0.05, 0) is 12.8 Å². The molecule has 0 spiro atoms. The molecule has 0 aromatic rings. The van der Waals surface area contributed by atoms with Crippen LogP contribution >= 0.6 is 0 Å². The molecule has 0 aliphatic carbocycles. The largest absolute Gasteiger partial charge is 0.345 e. The minimum Gasteiger partial charge on any atom is -0.330 e. The Morgan fingerprint density at radius 2 is 1.67 bits per heavy atom. The molecule has 9 heavy (non-hydrogen) atoms. The summed E-state index contributed by atoms with van der Waals surface area (Å²) >= 11 is 0. The van der Waals surface area contributed by atoms with E-state index in [0.29, 0.717) is 13.2 Å². The van der Waals surface area contributed by atoms with E-state index in [-0.39, 0.29) is 0 Å². The summed E-state index contributed by atoms with van der Waals surface area (Å²) in [5, 5.41) is 8.89. The standard InChI is InChI=1S/C5H11NO3/c6-5(7)8-3-1-2-4-9-5/h7H,1-4,6H2. The molecule has 0 unspecified atom stereocenters. The molecule has 1 aliphatic rings. The van der Waals surface area contributed by atoms with Crippen molar-refractivity contribution in [1.29, 1.82) is 0 Å². The predicted molar refractivity (Wildman–Crippen MR) is 30.3 cm³/mol. The van der Waals surface area contributed by atoms with Gasteiger partial charge < -0.3 is 14.6 Å². The molecule has 0 aromatic heterocycles. The summed E-state index contributed by atoms with van der Waals surface area (Å²) in [4.78, 5) is 0. The first-order valence-electron chi connectivity index (χ1n) is 3.00. The van der Waals surface area contributed by atoms with Gasteiger partial charge in [0.25, 0.3) is 0 Å². The van der Waals surface area contributed by atoms with Crippen LogP contribution in [0, 0.1) is 0 Å². The first kappa shape index (κ1) is 6.95. The summed E-state index contributed by atoms with van der Waals surface area (Å²) in [5.41, 5.74) is 5.09. The molecule has 0 bridgehead atoms. The van der Waals surface area contributed by atoms with Gasteiger partial charge in [0.1, 0.15) is 0 Å². The zero-order chi connectivity index (χ0) is 6.74.